The lowest BCUT2D eigenvalue weighted by Gasteiger charge is -2.35. The number of piperazine rings is 1. The highest BCUT2D eigenvalue weighted by molar-refractivity contribution is 6.23. The highest BCUT2D eigenvalue weighted by Gasteiger charge is 2.37. The Kier molecular flexibility index (Phi) is 5.11. The van der Waals surface area contributed by atoms with Crippen molar-refractivity contribution in [2.45, 2.75) is 0 Å². The summed E-state index contributed by atoms with van der Waals surface area (Å²) in [4.78, 5) is 46.1. The standard InChI is InChI=1S/C22H20N4O4/c1-24-21(28)17-9-10-23-20(19(17)22(24)29)26-13-11-25(12-14-26)18(27)8-5-15-3-6-16(30-2)7-4-15/h3-4,6-7,9-10H,11-14H2,1-2H3. The molecule has 2 aliphatic heterocycles. The van der Waals surface area contributed by atoms with Crippen molar-refractivity contribution in [1.82, 2.24) is 14.8 Å². The Hall–Kier alpha value is -3.86. The van der Waals surface area contributed by atoms with Crippen molar-refractivity contribution >= 4 is 23.5 Å². The smallest absolute Gasteiger partial charge is 0.298 e. The predicted octanol–water partition coefficient (Wildman–Crippen LogP) is 1.02. The third kappa shape index (κ3) is 3.46. The maximum absolute atomic E-state index is 12.5. The molecule has 30 heavy (non-hydrogen) atoms. The average Bonchev–Trinajstić information content (AvgIpc) is 3.02. The van der Waals surface area contributed by atoms with Crippen molar-refractivity contribution in [1.29, 1.82) is 0 Å². The summed E-state index contributed by atoms with van der Waals surface area (Å²) in [5, 5.41) is 0. The van der Waals surface area contributed by atoms with Crippen LogP contribution in [-0.4, -0.2) is 72.8 Å². The Bertz CT molecular complexity index is 1080. The molecule has 2 aliphatic rings. The Labute approximate surface area is 174 Å². The first-order valence-corrected chi connectivity index (χ1v) is 9.51. The molecule has 1 saturated heterocycles. The Balaban J connectivity index is 1.43. The highest BCUT2D eigenvalue weighted by Crippen LogP contribution is 2.29. The minimum Gasteiger partial charge on any atom is -0.497 e. The van der Waals surface area contributed by atoms with Gasteiger partial charge in [0.2, 0.25) is 0 Å². The van der Waals surface area contributed by atoms with Crippen LogP contribution in [0.2, 0.25) is 0 Å². The molecule has 8 heteroatoms. The molecular formula is C22H20N4O4. The number of imide groups is 1. The average molecular weight is 404 g/mol. The third-order valence-corrected chi connectivity index (χ3v) is 5.25. The van der Waals surface area contributed by atoms with E-state index in [1.54, 1.807) is 42.3 Å². The summed E-state index contributed by atoms with van der Waals surface area (Å²) in [6.45, 7) is 1.92. The molecule has 0 radical (unpaired) electrons. The lowest BCUT2D eigenvalue weighted by Crippen LogP contribution is -2.49. The van der Waals surface area contributed by atoms with Crippen molar-refractivity contribution < 1.29 is 19.1 Å². The number of hydrogen-bond donors (Lipinski definition) is 0. The van der Waals surface area contributed by atoms with Crippen molar-refractivity contribution in [2.24, 2.45) is 0 Å². The zero-order valence-electron chi connectivity index (χ0n) is 16.7. The van der Waals surface area contributed by atoms with Gasteiger partial charge in [-0.2, -0.15) is 0 Å². The van der Waals surface area contributed by atoms with E-state index in [2.05, 4.69) is 16.8 Å². The largest absolute Gasteiger partial charge is 0.497 e. The van der Waals surface area contributed by atoms with Gasteiger partial charge < -0.3 is 14.5 Å². The van der Waals surface area contributed by atoms with Gasteiger partial charge in [0.1, 0.15) is 11.6 Å². The summed E-state index contributed by atoms with van der Waals surface area (Å²) in [6.07, 6.45) is 1.54. The Morgan fingerprint density at radius 1 is 1.03 bits per heavy atom. The highest BCUT2D eigenvalue weighted by atomic mass is 16.5. The van der Waals surface area contributed by atoms with Crippen molar-refractivity contribution in [3.63, 3.8) is 0 Å². The number of carbonyl (C=O) groups excluding carboxylic acids is 3. The van der Waals surface area contributed by atoms with E-state index in [-0.39, 0.29) is 17.7 Å². The number of pyridine rings is 1. The second kappa shape index (κ2) is 7.87. The van der Waals surface area contributed by atoms with Crippen LogP contribution in [0.1, 0.15) is 26.3 Å². The number of methoxy groups -OCH3 is 1. The van der Waals surface area contributed by atoms with E-state index in [9.17, 15) is 14.4 Å². The lowest BCUT2D eigenvalue weighted by atomic mass is 10.1. The van der Waals surface area contributed by atoms with Crippen LogP contribution in [0.3, 0.4) is 0 Å². The minimum absolute atomic E-state index is 0.247. The van der Waals surface area contributed by atoms with E-state index in [1.807, 2.05) is 4.90 Å². The Morgan fingerprint density at radius 2 is 1.73 bits per heavy atom. The molecule has 1 aromatic carbocycles. The van der Waals surface area contributed by atoms with E-state index in [1.165, 1.54) is 13.2 Å². The number of aromatic nitrogens is 1. The van der Waals surface area contributed by atoms with E-state index in [0.717, 1.165) is 16.2 Å². The van der Waals surface area contributed by atoms with Gasteiger partial charge in [-0.1, -0.05) is 5.92 Å². The van der Waals surface area contributed by atoms with Gasteiger partial charge in [0, 0.05) is 50.9 Å². The molecule has 2 aromatic rings. The summed E-state index contributed by atoms with van der Waals surface area (Å²) < 4.78 is 5.11. The molecule has 4 rings (SSSR count). The van der Waals surface area contributed by atoms with Crippen LogP contribution < -0.4 is 9.64 Å². The van der Waals surface area contributed by atoms with Crippen LogP contribution in [0, 0.1) is 11.8 Å². The summed E-state index contributed by atoms with van der Waals surface area (Å²) in [5.41, 5.74) is 1.44. The monoisotopic (exact) mass is 404 g/mol. The van der Waals surface area contributed by atoms with Gasteiger partial charge in [-0.3, -0.25) is 19.3 Å². The molecule has 0 unspecified atom stereocenters. The number of ether oxygens (including phenoxy) is 1. The maximum Gasteiger partial charge on any atom is 0.298 e. The first-order valence-electron chi connectivity index (χ1n) is 9.51. The van der Waals surface area contributed by atoms with E-state index >= 15 is 0 Å². The molecule has 0 saturated carbocycles. The van der Waals surface area contributed by atoms with Crippen molar-refractivity contribution in [2.75, 3.05) is 45.2 Å². The maximum atomic E-state index is 12.5. The van der Waals surface area contributed by atoms with Crippen LogP contribution in [0.5, 0.6) is 5.75 Å². The molecule has 1 aromatic heterocycles. The molecule has 0 aliphatic carbocycles. The van der Waals surface area contributed by atoms with Crippen LogP contribution in [-0.2, 0) is 4.79 Å². The zero-order valence-corrected chi connectivity index (χ0v) is 16.7. The van der Waals surface area contributed by atoms with Crippen molar-refractivity contribution in [3.8, 4) is 17.6 Å². The Morgan fingerprint density at radius 3 is 2.40 bits per heavy atom. The fourth-order valence-electron chi connectivity index (χ4n) is 3.52. The third-order valence-electron chi connectivity index (χ3n) is 5.25. The first kappa shape index (κ1) is 19.5. The summed E-state index contributed by atoms with van der Waals surface area (Å²) in [6, 6.07) is 8.75. The fraction of sp³-hybridized carbons (Fsp3) is 0.273. The van der Waals surface area contributed by atoms with Gasteiger partial charge in [0.05, 0.1) is 18.2 Å². The van der Waals surface area contributed by atoms with Gasteiger partial charge in [-0.15, -0.1) is 0 Å². The SMILES string of the molecule is COc1ccc(C#CC(=O)N2CCN(c3nccc4c3C(=O)N(C)C4=O)CC2)cc1. The molecule has 0 N–H and O–H groups in total. The number of fused-ring (bicyclic) bond motifs is 1. The summed E-state index contributed by atoms with van der Waals surface area (Å²) in [7, 11) is 3.06. The van der Waals surface area contributed by atoms with E-state index in [0.29, 0.717) is 43.1 Å². The molecule has 152 valence electrons. The number of anilines is 1. The van der Waals surface area contributed by atoms with Gasteiger partial charge in [-0.25, -0.2) is 4.98 Å². The van der Waals surface area contributed by atoms with Crippen LogP contribution >= 0.6 is 0 Å². The molecule has 3 amide bonds. The quantitative estimate of drug-likeness (QED) is 0.549. The molecule has 8 nitrogen and oxygen atoms in total. The molecule has 3 heterocycles. The second-order valence-electron chi connectivity index (χ2n) is 6.98. The van der Waals surface area contributed by atoms with Crippen molar-refractivity contribution in [3.05, 3.63) is 53.2 Å². The number of rotatable bonds is 2. The molecular weight excluding hydrogens is 384 g/mol. The van der Waals surface area contributed by atoms with Gasteiger partial charge in [0.15, 0.2) is 0 Å². The topological polar surface area (TPSA) is 83.1 Å². The van der Waals surface area contributed by atoms with E-state index in [4.69, 9.17) is 4.74 Å². The predicted molar refractivity (Wildman–Crippen MR) is 109 cm³/mol. The van der Waals surface area contributed by atoms with Crippen LogP contribution in [0.15, 0.2) is 36.5 Å². The lowest BCUT2D eigenvalue weighted by molar-refractivity contribution is -0.125. The summed E-state index contributed by atoms with van der Waals surface area (Å²) in [5.74, 6) is 5.87. The molecule has 0 spiro atoms. The molecule has 0 atom stereocenters. The number of hydrogen-bond acceptors (Lipinski definition) is 6. The normalized spacial score (nSPS) is 15.6. The van der Waals surface area contributed by atoms with Crippen LogP contribution in [0.25, 0.3) is 0 Å². The number of benzene rings is 1. The fourth-order valence-corrected chi connectivity index (χ4v) is 3.52. The first-order chi connectivity index (χ1) is 14.5. The number of nitrogens with zero attached hydrogens (tertiary/aromatic N) is 4. The van der Waals surface area contributed by atoms with Gasteiger partial charge >= 0.3 is 0 Å². The zero-order chi connectivity index (χ0) is 21.3. The molecule has 1 fully saturated rings. The second-order valence-corrected chi connectivity index (χ2v) is 6.98. The van der Waals surface area contributed by atoms with E-state index < -0.39 is 0 Å². The van der Waals surface area contributed by atoms with Gasteiger partial charge in [-0.05, 0) is 30.3 Å². The number of carbonyl (C=O) groups is 3. The molecule has 0 bridgehead atoms. The summed E-state index contributed by atoms with van der Waals surface area (Å²) >= 11 is 0. The van der Waals surface area contributed by atoms with Crippen LogP contribution in [0.4, 0.5) is 5.82 Å². The van der Waals surface area contributed by atoms with Gasteiger partial charge in [0.25, 0.3) is 17.7 Å². The number of amides is 3. The minimum atomic E-state index is -0.345.